The van der Waals surface area contributed by atoms with Crippen LogP contribution in [0.3, 0.4) is 0 Å². The highest BCUT2D eigenvalue weighted by molar-refractivity contribution is 9.10. The Labute approximate surface area is 162 Å². The third kappa shape index (κ3) is 4.25. The molecule has 26 heavy (non-hydrogen) atoms. The van der Waals surface area contributed by atoms with Gasteiger partial charge in [0.25, 0.3) is 0 Å². The Morgan fingerprint density at radius 2 is 1.73 bits per heavy atom. The lowest BCUT2D eigenvalue weighted by Crippen LogP contribution is -2.51. The van der Waals surface area contributed by atoms with Crippen LogP contribution in [0.1, 0.15) is 11.1 Å². The molecule has 1 N–H and O–H groups in total. The number of piperazine rings is 1. The molecule has 1 saturated heterocycles. The summed E-state index contributed by atoms with van der Waals surface area (Å²) in [5.74, 6) is -1.06. The number of benzene rings is 2. The van der Waals surface area contributed by atoms with E-state index in [0.717, 1.165) is 28.8 Å². The molecule has 0 spiro atoms. The Balaban J connectivity index is 1.58. The number of rotatable bonds is 2. The SMILES string of the molecule is Cc1cccc(N2CCN(C(=O)C(=O)Nc3ccc(Br)cc3C)CC2)c1. The summed E-state index contributed by atoms with van der Waals surface area (Å²) in [5.41, 5.74) is 3.94. The predicted octanol–water partition coefficient (Wildman–Crippen LogP) is 3.35. The summed E-state index contributed by atoms with van der Waals surface area (Å²) in [4.78, 5) is 28.6. The molecule has 2 aromatic carbocycles. The number of aryl methyl sites for hydroxylation is 2. The van der Waals surface area contributed by atoms with Gasteiger partial charge in [0, 0.05) is 42.0 Å². The van der Waals surface area contributed by atoms with Gasteiger partial charge in [-0.2, -0.15) is 0 Å². The van der Waals surface area contributed by atoms with Gasteiger partial charge < -0.3 is 15.1 Å². The molecule has 1 aliphatic heterocycles. The lowest BCUT2D eigenvalue weighted by molar-refractivity contribution is -0.143. The van der Waals surface area contributed by atoms with Crippen LogP contribution in [0, 0.1) is 13.8 Å². The molecule has 3 rings (SSSR count). The van der Waals surface area contributed by atoms with Crippen molar-refractivity contribution in [3.8, 4) is 0 Å². The molecule has 5 nitrogen and oxygen atoms in total. The number of hydrogen-bond donors (Lipinski definition) is 1. The number of nitrogens with one attached hydrogen (secondary N) is 1. The van der Waals surface area contributed by atoms with E-state index in [9.17, 15) is 9.59 Å². The van der Waals surface area contributed by atoms with Crippen molar-refractivity contribution in [1.29, 1.82) is 0 Å². The number of carbonyl (C=O) groups is 2. The van der Waals surface area contributed by atoms with Crippen molar-refractivity contribution in [3.05, 3.63) is 58.1 Å². The Hall–Kier alpha value is -2.34. The van der Waals surface area contributed by atoms with Crippen LogP contribution in [0.4, 0.5) is 11.4 Å². The summed E-state index contributed by atoms with van der Waals surface area (Å²) in [6.45, 7) is 6.49. The molecular formula is C20H22BrN3O2. The first-order valence-electron chi connectivity index (χ1n) is 8.62. The van der Waals surface area contributed by atoms with E-state index in [1.165, 1.54) is 5.56 Å². The number of amides is 2. The fraction of sp³-hybridized carbons (Fsp3) is 0.300. The summed E-state index contributed by atoms with van der Waals surface area (Å²) < 4.78 is 0.937. The van der Waals surface area contributed by atoms with Crippen molar-refractivity contribution < 1.29 is 9.59 Å². The standard InChI is InChI=1S/C20H22BrN3O2/c1-14-4-3-5-17(12-14)23-8-10-24(11-9-23)20(26)19(25)22-18-7-6-16(21)13-15(18)2/h3-7,12-13H,8-11H2,1-2H3,(H,22,25). The molecule has 0 aromatic heterocycles. The molecule has 1 aliphatic rings. The monoisotopic (exact) mass is 415 g/mol. The van der Waals surface area contributed by atoms with Gasteiger partial charge in [0.2, 0.25) is 0 Å². The molecule has 1 fully saturated rings. The van der Waals surface area contributed by atoms with Crippen molar-refractivity contribution in [3.63, 3.8) is 0 Å². The van der Waals surface area contributed by atoms with E-state index in [1.54, 1.807) is 11.0 Å². The predicted molar refractivity (Wildman–Crippen MR) is 107 cm³/mol. The van der Waals surface area contributed by atoms with Crippen LogP contribution < -0.4 is 10.2 Å². The first kappa shape index (κ1) is 18.5. The fourth-order valence-corrected chi connectivity index (χ4v) is 3.55. The van der Waals surface area contributed by atoms with E-state index in [1.807, 2.05) is 25.1 Å². The fourth-order valence-electron chi connectivity index (χ4n) is 3.08. The molecule has 6 heteroatoms. The number of halogens is 1. The van der Waals surface area contributed by atoms with Crippen LogP contribution in [-0.2, 0) is 9.59 Å². The van der Waals surface area contributed by atoms with Crippen LogP contribution >= 0.6 is 15.9 Å². The lowest BCUT2D eigenvalue weighted by Gasteiger charge is -2.35. The van der Waals surface area contributed by atoms with E-state index < -0.39 is 11.8 Å². The molecule has 2 aromatic rings. The minimum Gasteiger partial charge on any atom is -0.368 e. The van der Waals surface area contributed by atoms with Crippen molar-refractivity contribution in [1.82, 2.24) is 4.90 Å². The smallest absolute Gasteiger partial charge is 0.313 e. The molecule has 136 valence electrons. The van der Waals surface area contributed by atoms with Crippen LogP contribution in [0.2, 0.25) is 0 Å². The quantitative estimate of drug-likeness (QED) is 0.765. The zero-order chi connectivity index (χ0) is 18.7. The maximum absolute atomic E-state index is 12.5. The Kier molecular flexibility index (Phi) is 5.61. The second-order valence-electron chi connectivity index (χ2n) is 6.53. The first-order chi connectivity index (χ1) is 12.4. The van der Waals surface area contributed by atoms with Gasteiger partial charge in [-0.1, -0.05) is 28.1 Å². The molecule has 0 radical (unpaired) electrons. The normalized spacial score (nSPS) is 14.3. The molecule has 2 amide bonds. The molecule has 1 heterocycles. The molecular weight excluding hydrogens is 394 g/mol. The van der Waals surface area contributed by atoms with Gasteiger partial charge in [0.15, 0.2) is 0 Å². The maximum Gasteiger partial charge on any atom is 0.313 e. The first-order valence-corrected chi connectivity index (χ1v) is 9.41. The Bertz CT molecular complexity index is 830. The Morgan fingerprint density at radius 3 is 2.38 bits per heavy atom. The van der Waals surface area contributed by atoms with Gasteiger partial charge in [-0.15, -0.1) is 0 Å². The number of hydrogen-bond acceptors (Lipinski definition) is 3. The second-order valence-corrected chi connectivity index (χ2v) is 7.45. The third-order valence-electron chi connectivity index (χ3n) is 4.56. The number of carbonyl (C=O) groups excluding carboxylic acids is 2. The van der Waals surface area contributed by atoms with E-state index in [2.05, 4.69) is 51.3 Å². The summed E-state index contributed by atoms with van der Waals surface area (Å²) in [6.07, 6.45) is 0. The van der Waals surface area contributed by atoms with Gasteiger partial charge in [-0.25, -0.2) is 0 Å². The molecule has 0 bridgehead atoms. The van der Waals surface area contributed by atoms with Crippen LogP contribution in [0.15, 0.2) is 46.9 Å². The average molecular weight is 416 g/mol. The van der Waals surface area contributed by atoms with Gasteiger partial charge >= 0.3 is 11.8 Å². The highest BCUT2D eigenvalue weighted by Crippen LogP contribution is 2.21. The van der Waals surface area contributed by atoms with Gasteiger partial charge in [0.05, 0.1) is 0 Å². The average Bonchev–Trinajstić information content (AvgIpc) is 2.63. The van der Waals surface area contributed by atoms with Crippen molar-refractivity contribution in [2.45, 2.75) is 13.8 Å². The second kappa shape index (κ2) is 7.91. The van der Waals surface area contributed by atoms with Crippen molar-refractivity contribution in [2.24, 2.45) is 0 Å². The van der Waals surface area contributed by atoms with Crippen molar-refractivity contribution in [2.75, 3.05) is 36.4 Å². The van der Waals surface area contributed by atoms with Crippen LogP contribution in [0.25, 0.3) is 0 Å². The summed E-state index contributed by atoms with van der Waals surface area (Å²) in [5, 5.41) is 2.72. The van der Waals surface area contributed by atoms with Gasteiger partial charge in [0.1, 0.15) is 0 Å². The Morgan fingerprint density at radius 1 is 1.00 bits per heavy atom. The van der Waals surface area contributed by atoms with E-state index in [0.29, 0.717) is 18.8 Å². The van der Waals surface area contributed by atoms with Crippen LogP contribution in [0.5, 0.6) is 0 Å². The highest BCUT2D eigenvalue weighted by atomic mass is 79.9. The molecule has 0 atom stereocenters. The lowest BCUT2D eigenvalue weighted by atomic mass is 10.2. The zero-order valence-electron chi connectivity index (χ0n) is 15.0. The molecule has 0 aliphatic carbocycles. The largest absolute Gasteiger partial charge is 0.368 e. The summed E-state index contributed by atoms with van der Waals surface area (Å²) in [6, 6.07) is 13.9. The van der Waals surface area contributed by atoms with E-state index >= 15 is 0 Å². The van der Waals surface area contributed by atoms with Crippen molar-refractivity contribution >= 4 is 39.1 Å². The number of nitrogens with zero attached hydrogens (tertiary/aromatic N) is 2. The highest BCUT2D eigenvalue weighted by Gasteiger charge is 2.26. The van der Waals surface area contributed by atoms with E-state index in [-0.39, 0.29) is 0 Å². The summed E-state index contributed by atoms with van der Waals surface area (Å²) >= 11 is 3.39. The molecule has 0 saturated carbocycles. The topological polar surface area (TPSA) is 52.7 Å². The van der Waals surface area contributed by atoms with Crippen LogP contribution in [-0.4, -0.2) is 42.9 Å². The zero-order valence-corrected chi connectivity index (χ0v) is 16.5. The minimum absolute atomic E-state index is 0.476. The maximum atomic E-state index is 12.5. The van der Waals surface area contributed by atoms with Gasteiger partial charge in [-0.3, -0.25) is 9.59 Å². The van der Waals surface area contributed by atoms with E-state index in [4.69, 9.17) is 0 Å². The van der Waals surface area contributed by atoms with Gasteiger partial charge in [-0.05, 0) is 55.3 Å². The minimum atomic E-state index is -0.584. The number of anilines is 2. The molecule has 0 unspecified atom stereocenters. The third-order valence-corrected chi connectivity index (χ3v) is 5.06. The summed E-state index contributed by atoms with van der Waals surface area (Å²) in [7, 11) is 0.